The van der Waals surface area contributed by atoms with Crippen LogP contribution in [0.3, 0.4) is 0 Å². The fourth-order valence-corrected chi connectivity index (χ4v) is 5.62. The lowest BCUT2D eigenvalue weighted by Gasteiger charge is -2.39. The topological polar surface area (TPSA) is 46.2 Å². The molecular weight excluding hydrogens is 402 g/mol. The van der Waals surface area contributed by atoms with Crippen LogP contribution in [0, 0.1) is 0 Å². The second-order valence-electron chi connectivity index (χ2n) is 8.29. The summed E-state index contributed by atoms with van der Waals surface area (Å²) in [6.07, 6.45) is 0.898. The Morgan fingerprint density at radius 2 is 1.76 bits per heavy atom. The molecular formula is C24H24ClNO2S. The van der Waals surface area contributed by atoms with E-state index in [1.165, 1.54) is 5.56 Å². The van der Waals surface area contributed by atoms with E-state index in [4.69, 9.17) is 11.6 Å². The van der Waals surface area contributed by atoms with Gasteiger partial charge in [0.25, 0.3) is 0 Å². The van der Waals surface area contributed by atoms with Crippen molar-refractivity contribution in [3.05, 3.63) is 94.5 Å². The largest absolute Gasteiger partial charge is 0.378 e. The van der Waals surface area contributed by atoms with Crippen molar-refractivity contribution in [2.75, 3.05) is 5.32 Å². The molecule has 0 radical (unpaired) electrons. The first-order valence-corrected chi connectivity index (χ1v) is 11.7. The standard InChI is InChI=1S/C24H24ClNO2S/c1-24(2)15-23(26-22-12-11-19(25)14-21(22)24)18-8-6-7-17(13-18)16-29(27,28)20-9-4-3-5-10-20/h3-14,23,26H,15-16H2,1-2H3. The second-order valence-corrected chi connectivity index (χ2v) is 10.7. The minimum absolute atomic E-state index is 0.00678. The molecule has 0 aromatic heterocycles. The average molecular weight is 426 g/mol. The highest BCUT2D eigenvalue weighted by Gasteiger charge is 2.33. The number of sulfone groups is 1. The zero-order valence-electron chi connectivity index (χ0n) is 16.5. The first-order chi connectivity index (χ1) is 13.7. The van der Waals surface area contributed by atoms with E-state index in [1.807, 2.05) is 42.5 Å². The third-order valence-electron chi connectivity index (χ3n) is 5.57. The molecule has 3 aromatic rings. The first kappa shape index (κ1) is 20.0. The number of benzene rings is 3. The third-order valence-corrected chi connectivity index (χ3v) is 7.51. The van der Waals surface area contributed by atoms with Crippen molar-refractivity contribution in [3.8, 4) is 0 Å². The Morgan fingerprint density at radius 3 is 2.52 bits per heavy atom. The Morgan fingerprint density at radius 1 is 1.00 bits per heavy atom. The molecule has 1 unspecified atom stereocenters. The van der Waals surface area contributed by atoms with Gasteiger partial charge in [0.05, 0.1) is 16.7 Å². The smallest absolute Gasteiger partial charge is 0.182 e. The molecule has 3 nitrogen and oxygen atoms in total. The SMILES string of the molecule is CC1(C)CC(c2cccc(CS(=O)(=O)c3ccccc3)c2)Nc2ccc(Cl)cc21. The van der Waals surface area contributed by atoms with E-state index in [9.17, 15) is 8.42 Å². The Hall–Kier alpha value is -2.30. The molecule has 1 N–H and O–H groups in total. The van der Waals surface area contributed by atoms with E-state index in [1.54, 1.807) is 24.3 Å². The number of hydrogen-bond donors (Lipinski definition) is 1. The van der Waals surface area contributed by atoms with Crippen LogP contribution in [0.2, 0.25) is 5.02 Å². The van der Waals surface area contributed by atoms with Crippen molar-refractivity contribution in [1.82, 2.24) is 0 Å². The molecule has 0 saturated heterocycles. The summed E-state index contributed by atoms with van der Waals surface area (Å²) in [6, 6.07) is 22.6. The summed E-state index contributed by atoms with van der Waals surface area (Å²) in [4.78, 5) is 0.355. The number of fused-ring (bicyclic) bond motifs is 1. The van der Waals surface area contributed by atoms with Crippen LogP contribution in [0.25, 0.3) is 0 Å². The van der Waals surface area contributed by atoms with Crippen LogP contribution in [0.4, 0.5) is 5.69 Å². The van der Waals surface area contributed by atoms with Gasteiger partial charge in [-0.2, -0.15) is 0 Å². The highest BCUT2D eigenvalue weighted by molar-refractivity contribution is 7.90. The molecule has 0 bridgehead atoms. The van der Waals surface area contributed by atoms with E-state index in [0.717, 1.165) is 28.3 Å². The average Bonchev–Trinajstić information content (AvgIpc) is 2.69. The summed E-state index contributed by atoms with van der Waals surface area (Å²) in [6.45, 7) is 4.44. The Bertz CT molecular complexity index is 1140. The van der Waals surface area contributed by atoms with Crippen LogP contribution in [0.5, 0.6) is 0 Å². The van der Waals surface area contributed by atoms with Gasteiger partial charge >= 0.3 is 0 Å². The fraction of sp³-hybridized carbons (Fsp3) is 0.250. The highest BCUT2D eigenvalue weighted by atomic mass is 35.5. The van der Waals surface area contributed by atoms with Gasteiger partial charge in [0, 0.05) is 10.7 Å². The zero-order chi connectivity index (χ0) is 20.6. The molecule has 4 rings (SSSR count). The first-order valence-electron chi connectivity index (χ1n) is 9.68. The number of halogens is 1. The molecule has 0 amide bonds. The summed E-state index contributed by atoms with van der Waals surface area (Å²) in [5.74, 6) is -0.00678. The van der Waals surface area contributed by atoms with Crippen LogP contribution < -0.4 is 5.32 Å². The molecule has 1 aliphatic rings. The van der Waals surface area contributed by atoms with Crippen molar-refractivity contribution in [3.63, 3.8) is 0 Å². The molecule has 29 heavy (non-hydrogen) atoms. The van der Waals surface area contributed by atoms with Crippen molar-refractivity contribution in [2.45, 2.75) is 42.4 Å². The number of nitrogens with one attached hydrogen (secondary N) is 1. The lowest BCUT2D eigenvalue weighted by atomic mass is 9.74. The molecule has 150 valence electrons. The Kier molecular flexibility index (Phi) is 5.18. The van der Waals surface area contributed by atoms with E-state index in [0.29, 0.717) is 4.90 Å². The maximum atomic E-state index is 12.8. The second kappa shape index (κ2) is 7.51. The van der Waals surface area contributed by atoms with E-state index >= 15 is 0 Å². The van der Waals surface area contributed by atoms with Crippen molar-refractivity contribution < 1.29 is 8.42 Å². The van der Waals surface area contributed by atoms with Crippen LogP contribution in [0.15, 0.2) is 77.7 Å². The predicted octanol–water partition coefficient (Wildman–Crippen LogP) is 6.15. The van der Waals surface area contributed by atoms with Crippen LogP contribution in [-0.2, 0) is 21.0 Å². The summed E-state index contributed by atoms with van der Waals surface area (Å²) < 4.78 is 25.5. The normalized spacial score (nSPS) is 18.0. The molecule has 1 heterocycles. The minimum atomic E-state index is -3.37. The Balaban J connectivity index is 1.62. The molecule has 0 spiro atoms. The van der Waals surface area contributed by atoms with Crippen molar-refractivity contribution in [2.24, 2.45) is 0 Å². The number of rotatable bonds is 4. The number of anilines is 1. The van der Waals surface area contributed by atoms with E-state index < -0.39 is 9.84 Å². The maximum Gasteiger partial charge on any atom is 0.182 e. The van der Waals surface area contributed by atoms with Gasteiger partial charge in [-0.3, -0.25) is 0 Å². The molecule has 1 aliphatic heterocycles. The Labute approximate surface area is 177 Å². The third kappa shape index (κ3) is 4.19. The quantitative estimate of drug-likeness (QED) is 0.545. The molecule has 0 aliphatic carbocycles. The van der Waals surface area contributed by atoms with Crippen LogP contribution >= 0.6 is 11.6 Å². The van der Waals surface area contributed by atoms with Gasteiger partial charge in [0.1, 0.15) is 0 Å². The minimum Gasteiger partial charge on any atom is -0.378 e. The zero-order valence-corrected chi connectivity index (χ0v) is 18.1. The molecule has 0 fully saturated rings. The highest BCUT2D eigenvalue weighted by Crippen LogP contribution is 2.44. The van der Waals surface area contributed by atoms with Gasteiger partial charge in [-0.05, 0) is 58.9 Å². The molecule has 1 atom stereocenters. The van der Waals surface area contributed by atoms with Crippen molar-refractivity contribution >= 4 is 27.1 Å². The summed E-state index contributed by atoms with van der Waals surface area (Å²) >= 11 is 6.21. The fourth-order valence-electron chi connectivity index (χ4n) is 4.09. The van der Waals surface area contributed by atoms with Gasteiger partial charge in [0.2, 0.25) is 0 Å². The van der Waals surface area contributed by atoms with Crippen molar-refractivity contribution in [1.29, 1.82) is 0 Å². The predicted molar refractivity (Wildman–Crippen MR) is 119 cm³/mol. The molecule has 3 aromatic carbocycles. The van der Waals surface area contributed by atoms with Gasteiger partial charge in [-0.15, -0.1) is 0 Å². The van der Waals surface area contributed by atoms with Gasteiger partial charge in [-0.25, -0.2) is 8.42 Å². The van der Waals surface area contributed by atoms with Crippen LogP contribution in [0.1, 0.15) is 43.0 Å². The summed E-state index contributed by atoms with van der Waals surface area (Å²) in [5.41, 5.74) is 4.15. The van der Waals surface area contributed by atoms with Gasteiger partial charge in [-0.1, -0.05) is 67.9 Å². The monoisotopic (exact) mass is 425 g/mol. The lowest BCUT2D eigenvalue weighted by molar-refractivity contribution is 0.427. The molecule has 0 saturated carbocycles. The van der Waals surface area contributed by atoms with Gasteiger partial charge < -0.3 is 5.32 Å². The number of hydrogen-bond acceptors (Lipinski definition) is 3. The van der Waals surface area contributed by atoms with Gasteiger partial charge in [0.15, 0.2) is 9.84 Å². The summed E-state index contributed by atoms with van der Waals surface area (Å²) in [7, 11) is -3.37. The maximum absolute atomic E-state index is 12.8. The molecule has 5 heteroatoms. The van der Waals surface area contributed by atoms with Crippen LogP contribution in [-0.4, -0.2) is 8.42 Å². The lowest BCUT2D eigenvalue weighted by Crippen LogP contribution is -2.31. The van der Waals surface area contributed by atoms with E-state index in [-0.39, 0.29) is 17.2 Å². The summed E-state index contributed by atoms with van der Waals surface area (Å²) in [5, 5.41) is 4.35. The van der Waals surface area contributed by atoms with E-state index in [2.05, 4.69) is 25.2 Å².